The van der Waals surface area contributed by atoms with Gasteiger partial charge in [0.2, 0.25) is 0 Å². The first-order chi connectivity index (χ1) is 9.14. The molecule has 1 atom stereocenters. The molecule has 1 aromatic rings. The van der Waals surface area contributed by atoms with E-state index in [0.29, 0.717) is 5.56 Å². The summed E-state index contributed by atoms with van der Waals surface area (Å²) in [6, 6.07) is 7.68. The highest BCUT2D eigenvalue weighted by atomic mass is 32.2. The molecule has 1 aromatic carbocycles. The van der Waals surface area contributed by atoms with E-state index in [1.54, 1.807) is 51.1 Å². The molecular weight excluding hydrogens is 280 g/mol. The second kappa shape index (κ2) is 6.21. The maximum absolute atomic E-state index is 12.0. The zero-order valence-corrected chi connectivity index (χ0v) is 12.5. The van der Waals surface area contributed by atoms with Crippen LogP contribution >= 0.6 is 0 Å². The Morgan fingerprint density at radius 2 is 1.85 bits per heavy atom. The van der Waals surface area contributed by atoms with Gasteiger partial charge < -0.3 is 10.9 Å². The van der Waals surface area contributed by atoms with Crippen LogP contribution in [0.5, 0.6) is 0 Å². The summed E-state index contributed by atoms with van der Waals surface area (Å²) in [7, 11) is -3.81. The molecule has 1 unspecified atom stereocenters. The molecule has 8 heteroatoms. The average Bonchev–Trinajstić information content (AvgIpc) is 2.33. The zero-order chi connectivity index (χ0) is 15.4. The summed E-state index contributed by atoms with van der Waals surface area (Å²) in [5, 5.41) is 11.7. The smallest absolute Gasteiger partial charge is 0.278 e. The summed E-state index contributed by atoms with van der Waals surface area (Å²) in [5.41, 5.74) is 5.50. The molecule has 1 rings (SSSR count). The molecule has 0 radical (unpaired) electrons. The number of nitrogens with zero attached hydrogens (tertiary/aromatic N) is 1. The fourth-order valence-electron chi connectivity index (χ4n) is 1.59. The SMILES string of the molecule is CC(C)(C)NS(=O)(=O)NC(/C(N)=N/O)c1ccccc1. The van der Waals surface area contributed by atoms with E-state index in [0.717, 1.165) is 0 Å². The van der Waals surface area contributed by atoms with Crippen molar-refractivity contribution in [2.24, 2.45) is 10.9 Å². The zero-order valence-electron chi connectivity index (χ0n) is 11.7. The van der Waals surface area contributed by atoms with Crippen molar-refractivity contribution in [3.05, 3.63) is 35.9 Å². The lowest BCUT2D eigenvalue weighted by atomic mass is 10.1. The van der Waals surface area contributed by atoms with Gasteiger partial charge in [0.1, 0.15) is 6.04 Å². The molecule has 0 saturated carbocycles. The molecule has 0 saturated heterocycles. The number of nitrogens with two attached hydrogens (primary N) is 1. The summed E-state index contributed by atoms with van der Waals surface area (Å²) < 4.78 is 28.9. The van der Waals surface area contributed by atoms with Gasteiger partial charge in [0.15, 0.2) is 5.84 Å². The second-order valence-electron chi connectivity index (χ2n) is 5.34. The lowest BCUT2D eigenvalue weighted by Gasteiger charge is -2.24. The van der Waals surface area contributed by atoms with Crippen molar-refractivity contribution in [3.63, 3.8) is 0 Å². The third-order valence-corrected chi connectivity index (χ3v) is 3.68. The Hall–Kier alpha value is -1.64. The van der Waals surface area contributed by atoms with Gasteiger partial charge >= 0.3 is 0 Å². The predicted molar refractivity (Wildman–Crippen MR) is 77.5 cm³/mol. The van der Waals surface area contributed by atoms with Crippen LogP contribution in [-0.2, 0) is 10.2 Å². The molecule has 20 heavy (non-hydrogen) atoms. The summed E-state index contributed by atoms with van der Waals surface area (Å²) >= 11 is 0. The fourth-order valence-corrected chi connectivity index (χ4v) is 3.02. The molecule has 5 N–H and O–H groups in total. The molecular formula is C12H20N4O3S. The molecule has 0 fully saturated rings. The standard InChI is InChI=1S/C12H20N4O3S/c1-12(2,3)16-20(18,19)15-10(11(13)14-17)9-7-5-4-6-8-9/h4-8,10,15-17H,1-3H3,(H2,13,14). The van der Waals surface area contributed by atoms with Crippen LogP contribution in [0.15, 0.2) is 35.5 Å². The van der Waals surface area contributed by atoms with Crippen molar-refractivity contribution < 1.29 is 13.6 Å². The van der Waals surface area contributed by atoms with Crippen molar-refractivity contribution >= 4 is 16.0 Å². The van der Waals surface area contributed by atoms with E-state index >= 15 is 0 Å². The topological polar surface area (TPSA) is 117 Å². The number of nitrogens with one attached hydrogen (secondary N) is 2. The molecule has 0 heterocycles. The van der Waals surface area contributed by atoms with Crippen LogP contribution in [-0.4, -0.2) is 25.0 Å². The van der Waals surface area contributed by atoms with E-state index in [4.69, 9.17) is 10.9 Å². The highest BCUT2D eigenvalue weighted by Gasteiger charge is 2.26. The average molecular weight is 300 g/mol. The maximum atomic E-state index is 12.0. The Morgan fingerprint density at radius 1 is 1.30 bits per heavy atom. The van der Waals surface area contributed by atoms with Crippen LogP contribution in [0.1, 0.15) is 32.4 Å². The largest absolute Gasteiger partial charge is 0.409 e. The summed E-state index contributed by atoms with van der Waals surface area (Å²) in [5.74, 6) is -0.240. The van der Waals surface area contributed by atoms with Crippen molar-refractivity contribution in [3.8, 4) is 0 Å². The normalized spacial score (nSPS) is 15.1. The summed E-state index contributed by atoms with van der Waals surface area (Å²) in [6.45, 7) is 5.15. The minimum Gasteiger partial charge on any atom is -0.409 e. The van der Waals surface area contributed by atoms with E-state index in [2.05, 4.69) is 14.6 Å². The van der Waals surface area contributed by atoms with Crippen molar-refractivity contribution in [1.82, 2.24) is 9.44 Å². The summed E-state index contributed by atoms with van der Waals surface area (Å²) in [4.78, 5) is 0. The van der Waals surface area contributed by atoms with Crippen LogP contribution in [0, 0.1) is 0 Å². The monoisotopic (exact) mass is 300 g/mol. The number of rotatable bonds is 5. The van der Waals surface area contributed by atoms with E-state index in [1.807, 2.05) is 0 Å². The molecule has 0 amide bonds. The molecule has 112 valence electrons. The molecule has 0 aliphatic heterocycles. The first-order valence-electron chi connectivity index (χ1n) is 5.98. The quantitative estimate of drug-likeness (QED) is 0.277. The van der Waals surface area contributed by atoms with Gasteiger partial charge in [-0.1, -0.05) is 35.5 Å². The van der Waals surface area contributed by atoms with Crippen molar-refractivity contribution in [2.45, 2.75) is 32.4 Å². The minimum atomic E-state index is -3.81. The highest BCUT2D eigenvalue weighted by molar-refractivity contribution is 7.87. The molecule has 0 aliphatic carbocycles. The van der Waals surface area contributed by atoms with Gasteiger partial charge in [-0.15, -0.1) is 0 Å². The van der Waals surface area contributed by atoms with Gasteiger partial charge in [-0.3, -0.25) is 0 Å². The van der Waals surface area contributed by atoms with Crippen LogP contribution in [0.4, 0.5) is 0 Å². The fraction of sp³-hybridized carbons (Fsp3) is 0.417. The van der Waals surface area contributed by atoms with Crippen molar-refractivity contribution in [1.29, 1.82) is 0 Å². The van der Waals surface area contributed by atoms with E-state index in [-0.39, 0.29) is 5.84 Å². The number of oxime groups is 1. The number of benzene rings is 1. The first-order valence-corrected chi connectivity index (χ1v) is 7.46. The van der Waals surface area contributed by atoms with Crippen molar-refractivity contribution in [2.75, 3.05) is 0 Å². The molecule has 0 spiro atoms. The van der Waals surface area contributed by atoms with Gasteiger partial charge in [0, 0.05) is 5.54 Å². The lowest BCUT2D eigenvalue weighted by molar-refractivity contribution is 0.315. The third kappa shape index (κ3) is 5.16. The third-order valence-electron chi connectivity index (χ3n) is 2.26. The molecule has 0 aliphatic rings. The summed E-state index contributed by atoms with van der Waals surface area (Å²) in [6.07, 6.45) is 0. The van der Waals surface area contributed by atoms with Crippen LogP contribution in [0.25, 0.3) is 0 Å². The van der Waals surface area contributed by atoms with Gasteiger partial charge in [-0.05, 0) is 26.3 Å². The van der Waals surface area contributed by atoms with Crippen LogP contribution < -0.4 is 15.2 Å². The Kier molecular flexibility index (Phi) is 5.09. The minimum absolute atomic E-state index is 0.240. The van der Waals surface area contributed by atoms with E-state index in [9.17, 15) is 8.42 Å². The second-order valence-corrected chi connectivity index (χ2v) is 6.79. The Balaban J connectivity index is 3.04. The van der Waals surface area contributed by atoms with Gasteiger partial charge in [0.05, 0.1) is 0 Å². The first kappa shape index (κ1) is 16.4. The number of amidine groups is 1. The number of hydrogen-bond acceptors (Lipinski definition) is 4. The molecule has 7 nitrogen and oxygen atoms in total. The highest BCUT2D eigenvalue weighted by Crippen LogP contribution is 2.14. The molecule has 0 bridgehead atoms. The Morgan fingerprint density at radius 3 is 2.30 bits per heavy atom. The Bertz CT molecular complexity index is 564. The van der Waals surface area contributed by atoms with Crippen LogP contribution in [0.3, 0.4) is 0 Å². The lowest BCUT2D eigenvalue weighted by Crippen LogP contribution is -2.49. The number of hydrogen-bond donors (Lipinski definition) is 4. The maximum Gasteiger partial charge on any atom is 0.278 e. The van der Waals surface area contributed by atoms with E-state index < -0.39 is 21.8 Å². The Labute approximate surface area is 119 Å². The molecule has 0 aromatic heterocycles. The van der Waals surface area contributed by atoms with Gasteiger partial charge in [-0.2, -0.15) is 17.9 Å². The van der Waals surface area contributed by atoms with E-state index in [1.165, 1.54) is 0 Å². The predicted octanol–water partition coefficient (Wildman–Crippen LogP) is 0.697. The van der Waals surface area contributed by atoms with Crippen LogP contribution in [0.2, 0.25) is 0 Å². The van der Waals surface area contributed by atoms with Gasteiger partial charge in [-0.25, -0.2) is 0 Å². The van der Waals surface area contributed by atoms with Gasteiger partial charge in [0.25, 0.3) is 10.2 Å².